The van der Waals surface area contributed by atoms with E-state index in [-0.39, 0.29) is 5.91 Å². The second-order valence-electron chi connectivity index (χ2n) is 5.70. The van der Waals surface area contributed by atoms with E-state index >= 15 is 0 Å². The van der Waals surface area contributed by atoms with E-state index in [0.717, 1.165) is 29.7 Å². The van der Waals surface area contributed by atoms with Crippen LogP contribution in [0.2, 0.25) is 0 Å². The lowest BCUT2D eigenvalue weighted by atomic mass is 9.87. The first-order valence-electron chi connectivity index (χ1n) is 7.11. The fraction of sp³-hybridized carbons (Fsp3) is 0.438. The molecule has 3 nitrogen and oxygen atoms in total. The van der Waals surface area contributed by atoms with Crippen molar-refractivity contribution in [2.45, 2.75) is 38.6 Å². The van der Waals surface area contributed by atoms with Crippen molar-refractivity contribution >= 4 is 16.8 Å². The van der Waals surface area contributed by atoms with E-state index in [1.54, 1.807) is 0 Å². The van der Waals surface area contributed by atoms with Crippen molar-refractivity contribution in [3.05, 3.63) is 36.0 Å². The topological polar surface area (TPSA) is 44.9 Å². The number of para-hydroxylation sites is 1. The largest absolute Gasteiger partial charge is 0.351 e. The first kappa shape index (κ1) is 12.3. The molecule has 1 heterocycles. The number of H-pyrrole nitrogens is 1. The molecule has 3 rings (SSSR count). The zero-order chi connectivity index (χ0) is 13.2. The number of benzene rings is 1. The van der Waals surface area contributed by atoms with Crippen LogP contribution < -0.4 is 5.32 Å². The third kappa shape index (κ3) is 2.65. The van der Waals surface area contributed by atoms with Gasteiger partial charge in [-0.25, -0.2) is 0 Å². The summed E-state index contributed by atoms with van der Waals surface area (Å²) in [5.74, 6) is 0.831. The average Bonchev–Trinajstić information content (AvgIpc) is 2.85. The van der Waals surface area contributed by atoms with Crippen molar-refractivity contribution in [3.8, 4) is 0 Å². The molecule has 1 aliphatic rings. The Morgan fingerprint density at radius 3 is 2.68 bits per heavy atom. The van der Waals surface area contributed by atoms with Crippen LogP contribution in [0.15, 0.2) is 30.3 Å². The Bertz CT molecular complexity index is 546. The molecule has 2 N–H and O–H groups in total. The fourth-order valence-electron chi connectivity index (χ4n) is 2.86. The molecule has 100 valence electrons. The molecule has 1 aromatic heterocycles. The maximum absolute atomic E-state index is 12.2. The van der Waals surface area contributed by atoms with E-state index < -0.39 is 0 Å². The van der Waals surface area contributed by atoms with Crippen molar-refractivity contribution in [1.82, 2.24) is 10.3 Å². The van der Waals surface area contributed by atoms with Gasteiger partial charge in [0.1, 0.15) is 5.69 Å². The predicted molar refractivity (Wildman–Crippen MR) is 77.2 cm³/mol. The maximum Gasteiger partial charge on any atom is 0.267 e. The summed E-state index contributed by atoms with van der Waals surface area (Å²) in [6.45, 7) is 2.29. The van der Waals surface area contributed by atoms with Crippen molar-refractivity contribution < 1.29 is 4.79 Å². The molecule has 1 saturated carbocycles. The highest BCUT2D eigenvalue weighted by molar-refractivity contribution is 5.98. The van der Waals surface area contributed by atoms with E-state index in [9.17, 15) is 4.79 Å². The van der Waals surface area contributed by atoms with Gasteiger partial charge in [0.05, 0.1) is 0 Å². The lowest BCUT2D eigenvalue weighted by molar-refractivity contribution is 0.0919. The van der Waals surface area contributed by atoms with Crippen LogP contribution in [0.1, 0.15) is 43.1 Å². The molecule has 0 radical (unpaired) electrons. The normalized spacial score (nSPS) is 23.4. The van der Waals surface area contributed by atoms with Gasteiger partial charge in [-0.05, 0) is 43.7 Å². The zero-order valence-corrected chi connectivity index (χ0v) is 11.3. The zero-order valence-electron chi connectivity index (χ0n) is 11.3. The molecule has 0 unspecified atom stereocenters. The monoisotopic (exact) mass is 256 g/mol. The predicted octanol–water partition coefficient (Wildman–Crippen LogP) is 3.48. The number of aromatic nitrogens is 1. The molecule has 0 saturated heterocycles. The quantitative estimate of drug-likeness (QED) is 0.849. The number of rotatable bonds is 2. The smallest absolute Gasteiger partial charge is 0.267 e. The van der Waals surface area contributed by atoms with Crippen LogP contribution in [0.4, 0.5) is 0 Å². The van der Waals surface area contributed by atoms with Gasteiger partial charge in [-0.2, -0.15) is 0 Å². The first-order chi connectivity index (χ1) is 9.22. The molecule has 1 aromatic carbocycles. The average molecular weight is 256 g/mol. The van der Waals surface area contributed by atoms with E-state index in [1.807, 2.05) is 30.3 Å². The van der Waals surface area contributed by atoms with E-state index in [2.05, 4.69) is 17.2 Å². The minimum atomic E-state index is 0.0238. The van der Waals surface area contributed by atoms with Crippen molar-refractivity contribution in [1.29, 1.82) is 0 Å². The van der Waals surface area contributed by atoms with Crippen LogP contribution >= 0.6 is 0 Å². The van der Waals surface area contributed by atoms with Gasteiger partial charge < -0.3 is 10.3 Å². The van der Waals surface area contributed by atoms with Crippen LogP contribution in [0.25, 0.3) is 10.9 Å². The van der Waals surface area contributed by atoms with Gasteiger partial charge in [0.15, 0.2) is 0 Å². The molecular weight excluding hydrogens is 236 g/mol. The summed E-state index contributed by atoms with van der Waals surface area (Å²) in [5.41, 5.74) is 1.68. The third-order valence-corrected chi connectivity index (χ3v) is 4.13. The molecule has 0 atom stereocenters. The number of carbonyl (C=O) groups is 1. The minimum Gasteiger partial charge on any atom is -0.351 e. The Balaban J connectivity index is 1.70. The first-order valence-corrected chi connectivity index (χ1v) is 7.11. The van der Waals surface area contributed by atoms with Crippen LogP contribution in [-0.4, -0.2) is 16.9 Å². The minimum absolute atomic E-state index is 0.0238. The summed E-state index contributed by atoms with van der Waals surface area (Å²) < 4.78 is 0. The van der Waals surface area contributed by atoms with Gasteiger partial charge in [-0.15, -0.1) is 0 Å². The van der Waals surface area contributed by atoms with Crippen LogP contribution in [0, 0.1) is 5.92 Å². The number of aromatic amines is 1. The van der Waals surface area contributed by atoms with E-state index in [0.29, 0.717) is 11.7 Å². The molecule has 1 aliphatic carbocycles. The van der Waals surface area contributed by atoms with Crippen molar-refractivity contribution in [3.63, 3.8) is 0 Å². The number of amides is 1. The van der Waals surface area contributed by atoms with Crippen LogP contribution in [0.3, 0.4) is 0 Å². The van der Waals surface area contributed by atoms with E-state index in [1.165, 1.54) is 12.8 Å². The molecule has 2 aromatic rings. The number of fused-ring (bicyclic) bond motifs is 1. The Hall–Kier alpha value is -1.77. The number of carbonyl (C=O) groups excluding carboxylic acids is 1. The number of hydrogen-bond donors (Lipinski definition) is 2. The molecule has 1 amide bonds. The van der Waals surface area contributed by atoms with Gasteiger partial charge in [0, 0.05) is 16.9 Å². The number of hydrogen-bond acceptors (Lipinski definition) is 1. The standard InChI is InChI=1S/C16H20N2O/c1-11-6-8-13(9-7-11)17-16(19)15-10-12-4-2-3-5-14(12)18-15/h2-5,10-11,13,18H,6-9H2,1H3,(H,17,19)/t11-,13-. The lowest BCUT2D eigenvalue weighted by Gasteiger charge is -2.26. The molecule has 0 aliphatic heterocycles. The van der Waals surface area contributed by atoms with Crippen molar-refractivity contribution in [2.75, 3.05) is 0 Å². The molecule has 0 bridgehead atoms. The van der Waals surface area contributed by atoms with E-state index in [4.69, 9.17) is 0 Å². The summed E-state index contributed by atoms with van der Waals surface area (Å²) >= 11 is 0. The summed E-state index contributed by atoms with van der Waals surface area (Å²) in [6.07, 6.45) is 4.65. The Kier molecular flexibility index (Phi) is 3.28. The van der Waals surface area contributed by atoms with Gasteiger partial charge in [0.2, 0.25) is 0 Å². The summed E-state index contributed by atoms with van der Waals surface area (Å²) in [5, 5.41) is 4.23. The van der Waals surface area contributed by atoms with Crippen LogP contribution in [0.5, 0.6) is 0 Å². The van der Waals surface area contributed by atoms with Gasteiger partial charge in [-0.3, -0.25) is 4.79 Å². The number of nitrogens with one attached hydrogen (secondary N) is 2. The highest BCUT2D eigenvalue weighted by Gasteiger charge is 2.20. The maximum atomic E-state index is 12.2. The Morgan fingerprint density at radius 2 is 1.95 bits per heavy atom. The summed E-state index contributed by atoms with van der Waals surface area (Å²) in [4.78, 5) is 15.4. The molecule has 1 fully saturated rings. The highest BCUT2D eigenvalue weighted by atomic mass is 16.1. The third-order valence-electron chi connectivity index (χ3n) is 4.13. The Labute approximate surface area is 113 Å². The fourth-order valence-corrected chi connectivity index (χ4v) is 2.86. The van der Waals surface area contributed by atoms with Gasteiger partial charge in [-0.1, -0.05) is 25.1 Å². The second-order valence-corrected chi connectivity index (χ2v) is 5.70. The van der Waals surface area contributed by atoms with Gasteiger partial charge >= 0.3 is 0 Å². The van der Waals surface area contributed by atoms with Gasteiger partial charge in [0.25, 0.3) is 5.91 Å². The SMILES string of the molecule is C[C@H]1CC[C@H](NC(=O)c2cc3ccccc3[nH]2)CC1. The van der Waals surface area contributed by atoms with Crippen LogP contribution in [-0.2, 0) is 0 Å². The second kappa shape index (κ2) is 5.08. The molecular formula is C16H20N2O. The lowest BCUT2D eigenvalue weighted by Crippen LogP contribution is -2.37. The summed E-state index contributed by atoms with van der Waals surface area (Å²) in [6, 6.07) is 10.2. The molecule has 0 spiro atoms. The Morgan fingerprint density at radius 1 is 1.21 bits per heavy atom. The molecule has 3 heteroatoms. The molecule has 19 heavy (non-hydrogen) atoms. The van der Waals surface area contributed by atoms with Crippen molar-refractivity contribution in [2.24, 2.45) is 5.92 Å². The highest BCUT2D eigenvalue weighted by Crippen LogP contribution is 2.24. The summed E-state index contributed by atoms with van der Waals surface area (Å²) in [7, 11) is 0.